The van der Waals surface area contributed by atoms with E-state index in [1.165, 1.54) is 32.2 Å². The van der Waals surface area contributed by atoms with Crippen LogP contribution in [0.25, 0.3) is 0 Å². The van der Waals surface area contributed by atoms with Crippen molar-refractivity contribution in [1.82, 2.24) is 0 Å². The first kappa shape index (κ1) is 20.4. The minimum atomic E-state index is -0.641. The monoisotopic (exact) mass is 387 g/mol. The molecule has 146 valence electrons. The van der Waals surface area contributed by atoms with Crippen LogP contribution in [0.3, 0.4) is 0 Å². The van der Waals surface area contributed by atoms with Crippen LogP contribution in [0.5, 0.6) is 11.5 Å². The van der Waals surface area contributed by atoms with Gasteiger partial charge in [-0.3, -0.25) is 24.5 Å². The molecule has 0 unspecified atom stereocenters. The maximum atomic E-state index is 12.2. The van der Waals surface area contributed by atoms with E-state index in [1.54, 1.807) is 12.1 Å². The molecule has 2 rings (SSSR count). The maximum absolute atomic E-state index is 12.2. The molecule has 10 nitrogen and oxygen atoms in total. The summed E-state index contributed by atoms with van der Waals surface area (Å²) in [6.45, 7) is 0.900. The van der Waals surface area contributed by atoms with Crippen LogP contribution in [-0.2, 0) is 9.59 Å². The van der Waals surface area contributed by atoms with Crippen molar-refractivity contribution >= 4 is 35.2 Å². The van der Waals surface area contributed by atoms with Crippen molar-refractivity contribution in [3.63, 3.8) is 0 Å². The topological polar surface area (TPSA) is 137 Å². The van der Waals surface area contributed by atoms with Gasteiger partial charge in [0.2, 0.25) is 5.91 Å². The highest BCUT2D eigenvalue weighted by atomic mass is 16.6. The Bertz CT molecular complexity index is 927. The third kappa shape index (κ3) is 5.27. The van der Waals surface area contributed by atoms with Gasteiger partial charge >= 0.3 is 0 Å². The molecule has 0 aliphatic carbocycles. The number of non-ortho nitro benzene ring substituents is 1. The molecular formula is C18H17N3O7. The van der Waals surface area contributed by atoms with E-state index in [4.69, 9.17) is 9.47 Å². The first-order valence-electron chi connectivity index (χ1n) is 7.96. The van der Waals surface area contributed by atoms with Crippen molar-refractivity contribution in [2.24, 2.45) is 0 Å². The maximum Gasteiger partial charge on any atom is 0.270 e. The number of aldehydes is 1. The Kier molecular flexibility index (Phi) is 6.63. The predicted octanol–water partition coefficient (Wildman–Crippen LogP) is 2.39. The number of carbonyl (C=O) groups is 3. The Hall–Kier alpha value is -3.95. The number of carbonyl (C=O) groups excluding carboxylic acids is 3. The first-order chi connectivity index (χ1) is 13.3. The molecule has 0 bridgehead atoms. The van der Waals surface area contributed by atoms with E-state index in [0.717, 1.165) is 6.07 Å². The lowest BCUT2D eigenvalue weighted by Crippen LogP contribution is -2.21. The van der Waals surface area contributed by atoms with Crippen molar-refractivity contribution < 1.29 is 28.8 Å². The molecule has 28 heavy (non-hydrogen) atoms. The van der Waals surface area contributed by atoms with E-state index in [1.807, 2.05) is 0 Å². The highest BCUT2D eigenvalue weighted by molar-refractivity contribution is 5.95. The van der Waals surface area contributed by atoms with Gasteiger partial charge in [-0.1, -0.05) is 0 Å². The molecule has 2 amide bonds. The summed E-state index contributed by atoms with van der Waals surface area (Å²) in [6.07, 6.45) is 0.403. The average Bonchev–Trinajstić information content (AvgIpc) is 2.65. The van der Waals surface area contributed by atoms with E-state index in [2.05, 4.69) is 10.6 Å². The molecule has 0 aromatic heterocycles. The van der Waals surface area contributed by atoms with Crippen molar-refractivity contribution in [1.29, 1.82) is 0 Å². The quantitative estimate of drug-likeness (QED) is 0.403. The van der Waals surface area contributed by atoms with Gasteiger partial charge < -0.3 is 20.1 Å². The molecule has 2 aromatic carbocycles. The molecular weight excluding hydrogens is 370 g/mol. The standard InChI is InChI=1S/C18H17N3O7/c1-11(23)19-13-3-5-17(27-2)15(8-13)20-18(24)10-28-16-6-4-14(21(25)26)7-12(16)9-22/h3-9H,10H2,1-2H3,(H,19,23)(H,20,24). The second kappa shape index (κ2) is 9.12. The summed E-state index contributed by atoms with van der Waals surface area (Å²) in [4.78, 5) is 44.6. The zero-order chi connectivity index (χ0) is 20.7. The van der Waals surface area contributed by atoms with Crippen molar-refractivity contribution in [3.8, 4) is 11.5 Å². The van der Waals surface area contributed by atoms with Crippen LogP contribution < -0.4 is 20.1 Å². The lowest BCUT2D eigenvalue weighted by atomic mass is 10.2. The fraction of sp³-hybridized carbons (Fsp3) is 0.167. The van der Waals surface area contributed by atoms with Gasteiger partial charge in [0, 0.05) is 24.7 Å². The molecule has 0 heterocycles. The molecule has 0 spiro atoms. The molecule has 10 heteroatoms. The zero-order valence-electron chi connectivity index (χ0n) is 15.1. The number of rotatable bonds is 8. The third-order valence-corrected chi connectivity index (χ3v) is 3.48. The SMILES string of the molecule is COc1ccc(NC(C)=O)cc1NC(=O)COc1ccc([N+](=O)[O-])cc1C=O. The van der Waals surface area contributed by atoms with Crippen LogP contribution in [0.1, 0.15) is 17.3 Å². The van der Waals surface area contributed by atoms with Crippen LogP contribution in [0.2, 0.25) is 0 Å². The second-order valence-corrected chi connectivity index (χ2v) is 5.53. The molecule has 0 aliphatic rings. The number of hydrogen-bond donors (Lipinski definition) is 2. The Balaban J connectivity index is 2.09. The predicted molar refractivity (Wildman–Crippen MR) is 99.9 cm³/mol. The fourth-order valence-electron chi connectivity index (χ4n) is 2.29. The number of methoxy groups -OCH3 is 1. The lowest BCUT2D eigenvalue weighted by molar-refractivity contribution is -0.384. The van der Waals surface area contributed by atoms with Crippen molar-refractivity contribution in [2.45, 2.75) is 6.92 Å². The number of amides is 2. The largest absolute Gasteiger partial charge is 0.495 e. The van der Waals surface area contributed by atoms with Crippen molar-refractivity contribution in [3.05, 3.63) is 52.1 Å². The highest BCUT2D eigenvalue weighted by Gasteiger charge is 2.14. The molecule has 2 N–H and O–H groups in total. The second-order valence-electron chi connectivity index (χ2n) is 5.53. The Labute approximate surface area is 159 Å². The van der Waals surface area contributed by atoms with Gasteiger partial charge in [-0.15, -0.1) is 0 Å². The third-order valence-electron chi connectivity index (χ3n) is 3.48. The Morgan fingerprint density at radius 1 is 1.14 bits per heavy atom. The summed E-state index contributed by atoms with van der Waals surface area (Å²) in [5, 5.41) is 15.9. The van der Waals surface area contributed by atoms with Crippen LogP contribution in [0.15, 0.2) is 36.4 Å². The zero-order valence-corrected chi connectivity index (χ0v) is 15.1. The minimum Gasteiger partial charge on any atom is -0.495 e. The number of nitrogens with one attached hydrogen (secondary N) is 2. The molecule has 0 fully saturated rings. The number of nitro benzene ring substituents is 1. The van der Waals surface area contributed by atoms with Gasteiger partial charge in [0.25, 0.3) is 11.6 Å². The summed E-state index contributed by atoms with van der Waals surface area (Å²) >= 11 is 0. The lowest BCUT2D eigenvalue weighted by Gasteiger charge is -2.13. The van der Waals surface area contributed by atoms with Gasteiger partial charge in [0.05, 0.1) is 23.3 Å². The van der Waals surface area contributed by atoms with Crippen LogP contribution in [0.4, 0.5) is 17.1 Å². The smallest absolute Gasteiger partial charge is 0.270 e. The van der Waals surface area contributed by atoms with Gasteiger partial charge in [-0.05, 0) is 24.3 Å². The van der Waals surface area contributed by atoms with Crippen molar-refractivity contribution in [2.75, 3.05) is 24.4 Å². The average molecular weight is 387 g/mol. The Morgan fingerprint density at radius 3 is 2.46 bits per heavy atom. The number of benzene rings is 2. The summed E-state index contributed by atoms with van der Waals surface area (Å²) in [6, 6.07) is 8.16. The first-order valence-corrected chi connectivity index (χ1v) is 7.96. The molecule has 0 saturated heterocycles. The van der Waals surface area contributed by atoms with Gasteiger partial charge in [0.1, 0.15) is 11.5 Å². The normalized spacial score (nSPS) is 9.93. The van der Waals surface area contributed by atoms with Gasteiger partial charge in [-0.2, -0.15) is 0 Å². The highest BCUT2D eigenvalue weighted by Crippen LogP contribution is 2.28. The van der Waals surface area contributed by atoms with Crippen LogP contribution in [-0.4, -0.2) is 36.7 Å². The van der Waals surface area contributed by atoms with Gasteiger partial charge in [-0.25, -0.2) is 0 Å². The molecule has 0 aliphatic heterocycles. The summed E-state index contributed by atoms with van der Waals surface area (Å²) < 4.78 is 10.5. The van der Waals surface area contributed by atoms with E-state index in [-0.39, 0.29) is 22.9 Å². The van der Waals surface area contributed by atoms with E-state index in [9.17, 15) is 24.5 Å². The molecule has 0 atom stereocenters. The van der Waals surface area contributed by atoms with Gasteiger partial charge in [0.15, 0.2) is 12.9 Å². The fourth-order valence-corrected chi connectivity index (χ4v) is 2.29. The van der Waals surface area contributed by atoms with E-state index in [0.29, 0.717) is 23.4 Å². The minimum absolute atomic E-state index is 0.0368. The number of anilines is 2. The Morgan fingerprint density at radius 2 is 1.86 bits per heavy atom. The molecule has 0 radical (unpaired) electrons. The number of hydrogen-bond acceptors (Lipinski definition) is 7. The number of nitrogens with zero attached hydrogens (tertiary/aromatic N) is 1. The summed E-state index contributed by atoms with van der Waals surface area (Å²) in [5.74, 6) is -0.431. The summed E-state index contributed by atoms with van der Waals surface area (Å²) in [5.41, 5.74) is 0.454. The van der Waals surface area contributed by atoms with Crippen LogP contribution >= 0.6 is 0 Å². The number of ether oxygens (including phenoxy) is 2. The summed E-state index contributed by atoms with van der Waals surface area (Å²) in [7, 11) is 1.42. The molecule has 0 saturated carbocycles. The van der Waals surface area contributed by atoms with E-state index < -0.39 is 17.4 Å². The molecule has 2 aromatic rings. The van der Waals surface area contributed by atoms with Crippen LogP contribution in [0, 0.1) is 10.1 Å². The van der Waals surface area contributed by atoms with E-state index >= 15 is 0 Å². The number of nitro groups is 1.